The van der Waals surface area contributed by atoms with E-state index in [1.165, 1.54) is 25.4 Å². The quantitative estimate of drug-likeness (QED) is 0.873. The highest BCUT2D eigenvalue weighted by Crippen LogP contribution is 2.27. The molecule has 0 aliphatic carbocycles. The number of nitrogens with zero attached hydrogens (tertiary/aromatic N) is 1. The fourth-order valence-electron chi connectivity index (χ4n) is 1.74. The number of ether oxygens (including phenoxy) is 1. The molecule has 4 nitrogen and oxygen atoms in total. The second kappa shape index (κ2) is 6.11. The second-order valence-electron chi connectivity index (χ2n) is 4.00. The lowest BCUT2D eigenvalue weighted by Crippen LogP contribution is -2.08. The number of esters is 1. The maximum atomic E-state index is 13.5. The van der Waals surface area contributed by atoms with Crippen molar-refractivity contribution in [3.63, 3.8) is 0 Å². The molecule has 0 saturated heterocycles. The minimum atomic E-state index is -1.07. The number of hydrogen-bond acceptors (Lipinski definition) is 4. The predicted octanol–water partition coefficient (Wildman–Crippen LogP) is 2.85. The third kappa shape index (κ3) is 2.86. The summed E-state index contributed by atoms with van der Waals surface area (Å²) in [4.78, 5) is 15.5. The molecule has 0 radical (unpaired) electrons. The number of aliphatic hydroxyl groups is 1. The van der Waals surface area contributed by atoms with Gasteiger partial charge >= 0.3 is 5.97 Å². The number of carbonyl (C=O) groups is 1. The van der Waals surface area contributed by atoms with Crippen LogP contribution in [0.3, 0.4) is 0 Å². The fourth-order valence-corrected chi connectivity index (χ4v) is 2.21. The molecule has 2 rings (SSSR count). The zero-order valence-electron chi connectivity index (χ0n) is 10.5. The SMILES string of the molecule is COC(=O)c1cc(C(O)c2ncccc2Br)ccc1F. The van der Waals surface area contributed by atoms with Crippen LogP contribution in [0.5, 0.6) is 0 Å². The Kier molecular flexibility index (Phi) is 4.46. The molecule has 1 heterocycles. The van der Waals surface area contributed by atoms with Gasteiger partial charge in [0.1, 0.15) is 11.9 Å². The van der Waals surface area contributed by atoms with Gasteiger partial charge in [0.15, 0.2) is 0 Å². The first-order chi connectivity index (χ1) is 9.54. The summed E-state index contributed by atoms with van der Waals surface area (Å²) < 4.78 is 18.7. The van der Waals surface area contributed by atoms with E-state index < -0.39 is 17.9 Å². The van der Waals surface area contributed by atoms with Crippen molar-refractivity contribution in [1.82, 2.24) is 4.98 Å². The third-order valence-electron chi connectivity index (χ3n) is 2.76. The summed E-state index contributed by atoms with van der Waals surface area (Å²) in [6.45, 7) is 0. The summed E-state index contributed by atoms with van der Waals surface area (Å²) >= 11 is 3.28. The molecule has 0 fully saturated rings. The topological polar surface area (TPSA) is 59.4 Å². The van der Waals surface area contributed by atoms with Crippen LogP contribution in [0.15, 0.2) is 41.0 Å². The molecule has 0 amide bonds. The Hall–Kier alpha value is -1.79. The normalized spacial score (nSPS) is 12.0. The summed E-state index contributed by atoms with van der Waals surface area (Å²) in [5.74, 6) is -1.50. The van der Waals surface area contributed by atoms with Crippen molar-refractivity contribution in [2.75, 3.05) is 7.11 Å². The van der Waals surface area contributed by atoms with Crippen LogP contribution < -0.4 is 0 Å². The number of carbonyl (C=O) groups excluding carboxylic acids is 1. The Morgan fingerprint density at radius 1 is 1.45 bits per heavy atom. The van der Waals surface area contributed by atoms with Crippen LogP contribution in [0.2, 0.25) is 0 Å². The molecule has 1 N–H and O–H groups in total. The molecular weight excluding hydrogens is 329 g/mol. The van der Waals surface area contributed by atoms with Crippen molar-refractivity contribution in [2.45, 2.75) is 6.10 Å². The number of methoxy groups -OCH3 is 1. The fraction of sp³-hybridized carbons (Fsp3) is 0.143. The lowest BCUT2D eigenvalue weighted by molar-refractivity contribution is 0.0595. The van der Waals surface area contributed by atoms with Gasteiger partial charge in [0, 0.05) is 10.7 Å². The Morgan fingerprint density at radius 3 is 2.85 bits per heavy atom. The highest BCUT2D eigenvalue weighted by molar-refractivity contribution is 9.10. The van der Waals surface area contributed by atoms with E-state index in [0.717, 1.165) is 6.07 Å². The molecule has 1 aromatic heterocycles. The smallest absolute Gasteiger partial charge is 0.340 e. The molecule has 0 aliphatic heterocycles. The monoisotopic (exact) mass is 339 g/mol. The van der Waals surface area contributed by atoms with E-state index in [9.17, 15) is 14.3 Å². The van der Waals surface area contributed by atoms with Gasteiger partial charge < -0.3 is 9.84 Å². The van der Waals surface area contributed by atoms with Gasteiger partial charge in [-0.05, 0) is 45.8 Å². The van der Waals surface area contributed by atoms with Gasteiger partial charge in [0.2, 0.25) is 0 Å². The van der Waals surface area contributed by atoms with Crippen molar-refractivity contribution in [1.29, 1.82) is 0 Å². The van der Waals surface area contributed by atoms with Crippen LogP contribution >= 0.6 is 15.9 Å². The van der Waals surface area contributed by atoms with E-state index in [2.05, 4.69) is 25.7 Å². The van der Waals surface area contributed by atoms with Gasteiger partial charge in [-0.3, -0.25) is 4.98 Å². The maximum absolute atomic E-state index is 13.5. The first-order valence-corrected chi connectivity index (χ1v) is 6.50. The summed E-state index contributed by atoms with van der Waals surface area (Å²) in [7, 11) is 1.17. The van der Waals surface area contributed by atoms with Crippen molar-refractivity contribution in [2.24, 2.45) is 0 Å². The molecule has 1 unspecified atom stereocenters. The number of rotatable bonds is 3. The molecule has 1 atom stereocenters. The minimum Gasteiger partial charge on any atom is -0.465 e. The largest absolute Gasteiger partial charge is 0.465 e. The van der Waals surface area contributed by atoms with E-state index in [4.69, 9.17) is 0 Å². The molecular formula is C14H11BrFNO3. The number of halogens is 2. The van der Waals surface area contributed by atoms with Crippen LogP contribution in [0.4, 0.5) is 4.39 Å². The van der Waals surface area contributed by atoms with Crippen molar-refractivity contribution < 1.29 is 19.0 Å². The van der Waals surface area contributed by atoms with Crippen LogP contribution in [0.25, 0.3) is 0 Å². The zero-order chi connectivity index (χ0) is 14.7. The first-order valence-electron chi connectivity index (χ1n) is 5.71. The van der Waals surface area contributed by atoms with Crippen LogP contribution in [0, 0.1) is 5.82 Å². The Bertz CT molecular complexity index is 648. The molecule has 2 aromatic rings. The summed E-state index contributed by atoms with van der Waals surface area (Å²) in [5, 5.41) is 10.3. The van der Waals surface area contributed by atoms with Gasteiger partial charge in [-0.25, -0.2) is 9.18 Å². The van der Waals surface area contributed by atoms with Crippen molar-refractivity contribution >= 4 is 21.9 Å². The van der Waals surface area contributed by atoms with Crippen LogP contribution in [-0.4, -0.2) is 23.2 Å². The summed E-state index contributed by atoms with van der Waals surface area (Å²) in [6.07, 6.45) is 0.461. The molecule has 6 heteroatoms. The lowest BCUT2D eigenvalue weighted by atomic mass is 10.0. The summed E-state index contributed by atoms with van der Waals surface area (Å²) in [5.41, 5.74) is 0.511. The van der Waals surface area contributed by atoms with Gasteiger partial charge in [0.25, 0.3) is 0 Å². The van der Waals surface area contributed by atoms with E-state index in [0.29, 0.717) is 15.7 Å². The molecule has 0 spiro atoms. The first kappa shape index (κ1) is 14.6. The van der Waals surface area contributed by atoms with Gasteiger partial charge in [-0.2, -0.15) is 0 Å². The van der Waals surface area contributed by atoms with Crippen LogP contribution in [-0.2, 0) is 4.74 Å². The zero-order valence-corrected chi connectivity index (χ0v) is 12.1. The Morgan fingerprint density at radius 2 is 2.20 bits per heavy atom. The number of aliphatic hydroxyl groups excluding tert-OH is 1. The standard InChI is InChI=1S/C14H11BrFNO3/c1-20-14(19)9-7-8(4-5-11(9)16)13(18)12-10(15)3-2-6-17-12/h2-7,13,18H,1H3. The number of benzene rings is 1. The molecule has 0 saturated carbocycles. The maximum Gasteiger partial charge on any atom is 0.340 e. The number of aromatic nitrogens is 1. The Labute approximate surface area is 123 Å². The minimum absolute atomic E-state index is 0.226. The molecule has 1 aromatic carbocycles. The molecule has 20 heavy (non-hydrogen) atoms. The second-order valence-corrected chi connectivity index (χ2v) is 4.86. The van der Waals surface area contributed by atoms with Gasteiger partial charge in [-0.1, -0.05) is 6.07 Å². The van der Waals surface area contributed by atoms with Gasteiger partial charge in [-0.15, -0.1) is 0 Å². The molecule has 104 valence electrons. The highest BCUT2D eigenvalue weighted by atomic mass is 79.9. The van der Waals surface area contributed by atoms with E-state index in [-0.39, 0.29) is 5.56 Å². The van der Waals surface area contributed by atoms with Crippen molar-refractivity contribution in [3.05, 3.63) is 63.6 Å². The average Bonchev–Trinajstić information content (AvgIpc) is 2.47. The Balaban J connectivity index is 2.43. The average molecular weight is 340 g/mol. The summed E-state index contributed by atoms with van der Waals surface area (Å²) in [6, 6.07) is 7.21. The predicted molar refractivity (Wildman–Crippen MR) is 73.7 cm³/mol. The van der Waals surface area contributed by atoms with Gasteiger partial charge in [0.05, 0.1) is 18.4 Å². The third-order valence-corrected chi connectivity index (χ3v) is 3.43. The number of hydrogen-bond donors (Lipinski definition) is 1. The number of pyridine rings is 1. The molecule has 0 aliphatic rings. The van der Waals surface area contributed by atoms with E-state index in [1.807, 2.05) is 0 Å². The van der Waals surface area contributed by atoms with E-state index >= 15 is 0 Å². The lowest BCUT2D eigenvalue weighted by Gasteiger charge is -2.13. The van der Waals surface area contributed by atoms with Crippen molar-refractivity contribution in [3.8, 4) is 0 Å². The molecule has 0 bridgehead atoms. The van der Waals surface area contributed by atoms with Crippen LogP contribution in [0.1, 0.15) is 27.7 Å². The van der Waals surface area contributed by atoms with E-state index in [1.54, 1.807) is 12.1 Å². The highest BCUT2D eigenvalue weighted by Gasteiger charge is 2.19.